The smallest absolute Gasteiger partial charge is 0.306 e. The van der Waals surface area contributed by atoms with E-state index in [-0.39, 0.29) is 25.2 Å². The first-order chi connectivity index (χ1) is 19.6. The Labute approximate surface area is 247 Å². The molecule has 0 aromatic heterocycles. The van der Waals surface area contributed by atoms with E-state index in [1.807, 2.05) is 0 Å². The van der Waals surface area contributed by atoms with E-state index in [2.05, 4.69) is 38.2 Å². The quantitative estimate of drug-likeness (QED) is 0.0534. The maximum Gasteiger partial charge on any atom is 0.306 e. The van der Waals surface area contributed by atoms with E-state index in [4.69, 9.17) is 9.47 Å². The van der Waals surface area contributed by atoms with Gasteiger partial charge in [-0.05, 0) is 64.2 Å². The minimum atomic E-state index is -0.773. The van der Waals surface area contributed by atoms with Crippen molar-refractivity contribution in [3.8, 4) is 0 Å². The molecule has 1 atom stereocenters. The molecule has 0 saturated carbocycles. The van der Waals surface area contributed by atoms with E-state index in [0.717, 1.165) is 51.4 Å². The summed E-state index contributed by atoms with van der Waals surface area (Å²) in [6.45, 7) is 4.08. The van der Waals surface area contributed by atoms with Crippen molar-refractivity contribution < 1.29 is 24.2 Å². The maximum atomic E-state index is 12.1. The maximum absolute atomic E-state index is 12.1. The summed E-state index contributed by atoms with van der Waals surface area (Å²) < 4.78 is 10.5. The third kappa shape index (κ3) is 29.4. The fourth-order valence-corrected chi connectivity index (χ4v) is 4.60. The van der Waals surface area contributed by atoms with E-state index in [0.29, 0.717) is 12.8 Å². The molecule has 0 spiro atoms. The van der Waals surface area contributed by atoms with Crippen molar-refractivity contribution in [1.82, 2.24) is 0 Å². The summed E-state index contributed by atoms with van der Waals surface area (Å²) in [5.74, 6) is -0.612. The molecule has 0 amide bonds. The Hall–Kier alpha value is -1.62. The molecule has 234 valence electrons. The zero-order valence-electron chi connectivity index (χ0n) is 26.4. The molecule has 5 nitrogen and oxygen atoms in total. The van der Waals surface area contributed by atoms with Gasteiger partial charge in [-0.15, -0.1) is 0 Å². The topological polar surface area (TPSA) is 72.8 Å². The van der Waals surface area contributed by atoms with Crippen molar-refractivity contribution in [1.29, 1.82) is 0 Å². The molecule has 0 aliphatic carbocycles. The van der Waals surface area contributed by atoms with E-state index in [1.165, 1.54) is 89.9 Å². The van der Waals surface area contributed by atoms with Gasteiger partial charge < -0.3 is 14.6 Å². The summed E-state index contributed by atoms with van der Waals surface area (Å²) in [4.78, 5) is 24.1. The van der Waals surface area contributed by atoms with Crippen molar-refractivity contribution in [2.24, 2.45) is 0 Å². The monoisotopic (exact) mass is 564 g/mol. The van der Waals surface area contributed by atoms with Crippen LogP contribution in [0.2, 0.25) is 0 Å². The minimum Gasteiger partial charge on any atom is -0.462 e. The average molecular weight is 565 g/mol. The first-order valence-electron chi connectivity index (χ1n) is 16.9. The van der Waals surface area contributed by atoms with Crippen molar-refractivity contribution in [3.63, 3.8) is 0 Å². The van der Waals surface area contributed by atoms with Crippen LogP contribution in [0.5, 0.6) is 0 Å². The van der Waals surface area contributed by atoms with Gasteiger partial charge in [0.15, 0.2) is 6.10 Å². The first-order valence-corrected chi connectivity index (χ1v) is 16.9. The number of allylic oxidation sites excluding steroid dienone is 4. The molecule has 0 aromatic carbocycles. The Balaban J connectivity index is 3.61. The van der Waals surface area contributed by atoms with E-state index < -0.39 is 6.10 Å². The summed E-state index contributed by atoms with van der Waals surface area (Å²) in [6, 6.07) is 0. The second-order valence-corrected chi connectivity index (χ2v) is 11.2. The highest BCUT2D eigenvalue weighted by molar-refractivity contribution is 5.70. The van der Waals surface area contributed by atoms with E-state index in [1.54, 1.807) is 0 Å². The molecule has 0 fully saturated rings. The van der Waals surface area contributed by atoms with Crippen LogP contribution in [-0.2, 0) is 19.1 Å². The second-order valence-electron chi connectivity index (χ2n) is 11.2. The molecule has 40 heavy (non-hydrogen) atoms. The molecule has 0 saturated heterocycles. The van der Waals surface area contributed by atoms with Crippen molar-refractivity contribution in [3.05, 3.63) is 24.3 Å². The van der Waals surface area contributed by atoms with Gasteiger partial charge in [0, 0.05) is 12.8 Å². The third-order valence-corrected chi connectivity index (χ3v) is 7.22. The molecule has 0 bridgehead atoms. The minimum absolute atomic E-state index is 0.0715. The Morgan fingerprint density at radius 3 is 1.35 bits per heavy atom. The molecule has 1 unspecified atom stereocenters. The van der Waals surface area contributed by atoms with Crippen LogP contribution in [-0.4, -0.2) is 36.4 Å². The SMILES string of the molecule is CCCCCC/C=C\CCCCCCCC(=O)OCC(CO)OC(=O)CCCCCCC/C=C\CCCCCC. The van der Waals surface area contributed by atoms with E-state index in [9.17, 15) is 14.7 Å². The van der Waals surface area contributed by atoms with Gasteiger partial charge in [0.25, 0.3) is 0 Å². The summed E-state index contributed by atoms with van der Waals surface area (Å²) in [5, 5.41) is 9.49. The number of unbranched alkanes of at least 4 members (excludes halogenated alkanes) is 18. The summed E-state index contributed by atoms with van der Waals surface area (Å²) in [5.41, 5.74) is 0. The number of hydrogen-bond acceptors (Lipinski definition) is 5. The summed E-state index contributed by atoms with van der Waals surface area (Å²) >= 11 is 0. The van der Waals surface area contributed by atoms with E-state index >= 15 is 0 Å². The molecule has 0 rings (SSSR count). The van der Waals surface area contributed by atoms with Crippen molar-refractivity contribution >= 4 is 11.9 Å². The van der Waals surface area contributed by atoms with Gasteiger partial charge in [0.2, 0.25) is 0 Å². The fraction of sp³-hybridized carbons (Fsp3) is 0.829. The molecule has 0 aliphatic heterocycles. The number of esters is 2. The van der Waals surface area contributed by atoms with Crippen LogP contribution < -0.4 is 0 Å². The average Bonchev–Trinajstić information content (AvgIpc) is 2.96. The Bertz CT molecular complexity index is 613. The highest BCUT2D eigenvalue weighted by atomic mass is 16.6. The van der Waals surface area contributed by atoms with Crippen LogP contribution in [0.1, 0.15) is 168 Å². The number of aliphatic hydroxyl groups excluding tert-OH is 1. The zero-order valence-corrected chi connectivity index (χ0v) is 26.4. The van der Waals surface area contributed by atoms with Crippen LogP contribution in [0.3, 0.4) is 0 Å². The largest absolute Gasteiger partial charge is 0.462 e. The number of rotatable bonds is 30. The Morgan fingerprint density at radius 1 is 0.550 bits per heavy atom. The lowest BCUT2D eigenvalue weighted by atomic mass is 10.1. The molecule has 5 heteroatoms. The molecular formula is C35H64O5. The Kier molecular flexibility index (Phi) is 30.6. The highest BCUT2D eigenvalue weighted by Crippen LogP contribution is 2.12. The number of aliphatic hydroxyl groups is 1. The lowest BCUT2D eigenvalue weighted by Gasteiger charge is -2.15. The van der Waals surface area contributed by atoms with Gasteiger partial charge in [-0.25, -0.2) is 0 Å². The molecule has 0 heterocycles. The molecular weight excluding hydrogens is 500 g/mol. The van der Waals surface area contributed by atoms with Gasteiger partial charge >= 0.3 is 11.9 Å². The molecule has 1 N–H and O–H groups in total. The lowest BCUT2D eigenvalue weighted by molar-refractivity contribution is -0.161. The van der Waals surface area contributed by atoms with Gasteiger partial charge in [-0.2, -0.15) is 0 Å². The van der Waals surface area contributed by atoms with Gasteiger partial charge in [-0.1, -0.05) is 115 Å². The number of carbonyl (C=O) groups excluding carboxylic acids is 2. The summed E-state index contributed by atoms with van der Waals surface area (Å²) in [6.07, 6.45) is 35.1. The Morgan fingerprint density at radius 2 is 0.925 bits per heavy atom. The number of carbonyl (C=O) groups is 2. The van der Waals surface area contributed by atoms with Crippen LogP contribution >= 0.6 is 0 Å². The van der Waals surface area contributed by atoms with Gasteiger partial charge in [0.05, 0.1) is 6.61 Å². The van der Waals surface area contributed by atoms with Crippen molar-refractivity contribution in [2.45, 2.75) is 174 Å². The fourth-order valence-electron chi connectivity index (χ4n) is 4.60. The van der Waals surface area contributed by atoms with Crippen LogP contribution in [0.25, 0.3) is 0 Å². The molecule has 0 aromatic rings. The number of hydrogen-bond donors (Lipinski definition) is 1. The number of ether oxygens (including phenoxy) is 2. The van der Waals surface area contributed by atoms with Crippen LogP contribution in [0, 0.1) is 0 Å². The molecule has 0 radical (unpaired) electrons. The first kappa shape index (κ1) is 38.4. The predicted molar refractivity (Wildman–Crippen MR) is 168 cm³/mol. The molecule has 0 aliphatic rings. The zero-order chi connectivity index (χ0) is 29.4. The third-order valence-electron chi connectivity index (χ3n) is 7.22. The van der Waals surface area contributed by atoms with Crippen molar-refractivity contribution in [2.75, 3.05) is 13.2 Å². The highest BCUT2D eigenvalue weighted by Gasteiger charge is 2.16. The lowest BCUT2D eigenvalue weighted by Crippen LogP contribution is -2.28. The van der Waals surface area contributed by atoms with Crippen LogP contribution in [0.4, 0.5) is 0 Å². The predicted octanol–water partition coefficient (Wildman–Crippen LogP) is 9.95. The standard InChI is InChI=1S/C35H64O5/c1-3-5-7-9-11-13-15-17-19-21-23-25-27-29-34(37)39-32-33(31-36)40-35(38)30-28-26-24-22-20-18-16-14-12-10-8-6-4-2/h13-16,33,36H,3-12,17-32H2,1-2H3/b15-13-,16-14-. The van der Waals surface area contributed by atoms with Gasteiger partial charge in [-0.3, -0.25) is 9.59 Å². The van der Waals surface area contributed by atoms with Gasteiger partial charge in [0.1, 0.15) is 6.61 Å². The van der Waals surface area contributed by atoms with Crippen LogP contribution in [0.15, 0.2) is 24.3 Å². The summed E-state index contributed by atoms with van der Waals surface area (Å²) in [7, 11) is 0. The second kappa shape index (κ2) is 31.9. The normalized spacial score (nSPS) is 12.4.